The van der Waals surface area contributed by atoms with Crippen LogP contribution >= 0.6 is 0 Å². The molecule has 3 aliphatic rings. The molecule has 0 radical (unpaired) electrons. The van der Waals surface area contributed by atoms with E-state index in [4.69, 9.17) is 13.7 Å². The Balaban J connectivity index is 1.50. The summed E-state index contributed by atoms with van der Waals surface area (Å²) in [5, 5.41) is 1.16. The summed E-state index contributed by atoms with van der Waals surface area (Å²) in [5.74, 6) is 0.973. The van der Waals surface area contributed by atoms with Gasteiger partial charge in [0.25, 0.3) is 0 Å². The first-order valence-electron chi connectivity index (χ1n) is 13.1. The molecule has 1 spiro atoms. The van der Waals surface area contributed by atoms with Gasteiger partial charge in [0.1, 0.15) is 11.3 Å². The second-order valence-corrected chi connectivity index (χ2v) is 11.5. The summed E-state index contributed by atoms with van der Waals surface area (Å²) in [6.07, 6.45) is 0. The molecule has 0 bridgehead atoms. The summed E-state index contributed by atoms with van der Waals surface area (Å²) < 4.78 is 19.8. The van der Waals surface area contributed by atoms with Crippen LogP contribution < -0.4 is 5.46 Å². The molecule has 1 aromatic heterocycles. The third-order valence-corrected chi connectivity index (χ3v) is 9.15. The molecule has 180 valence electrons. The topological polar surface area (TPSA) is 31.6 Å². The summed E-state index contributed by atoms with van der Waals surface area (Å²) >= 11 is 0. The smallest absolute Gasteiger partial charge is 0.456 e. The van der Waals surface area contributed by atoms with Gasteiger partial charge in [0.05, 0.1) is 16.6 Å². The van der Waals surface area contributed by atoms with Crippen LogP contribution in [0.5, 0.6) is 0 Å². The van der Waals surface area contributed by atoms with Crippen molar-refractivity contribution in [1.29, 1.82) is 0 Å². The van der Waals surface area contributed by atoms with E-state index in [0.717, 1.165) is 27.8 Å². The number of rotatable bonds is 1. The van der Waals surface area contributed by atoms with Gasteiger partial charge in [0.2, 0.25) is 0 Å². The first-order chi connectivity index (χ1) is 17.8. The highest BCUT2D eigenvalue weighted by Crippen LogP contribution is 2.64. The average molecular weight is 482 g/mol. The molecule has 3 nitrogen and oxygen atoms in total. The second-order valence-electron chi connectivity index (χ2n) is 11.5. The van der Waals surface area contributed by atoms with Crippen molar-refractivity contribution < 1.29 is 13.7 Å². The Hall–Kier alpha value is -3.60. The molecule has 0 N–H and O–H groups in total. The quantitative estimate of drug-likeness (QED) is 0.235. The van der Waals surface area contributed by atoms with Crippen molar-refractivity contribution in [1.82, 2.24) is 0 Å². The Bertz CT molecular complexity index is 1750. The zero-order valence-corrected chi connectivity index (χ0v) is 21.5. The Morgan fingerprint density at radius 1 is 0.595 bits per heavy atom. The van der Waals surface area contributed by atoms with Gasteiger partial charge >= 0.3 is 7.12 Å². The zero-order chi connectivity index (χ0) is 25.2. The van der Waals surface area contributed by atoms with Gasteiger partial charge in [-0.3, -0.25) is 0 Å². The first kappa shape index (κ1) is 21.5. The van der Waals surface area contributed by atoms with Gasteiger partial charge < -0.3 is 13.7 Å². The van der Waals surface area contributed by atoms with Crippen molar-refractivity contribution in [2.45, 2.75) is 44.3 Å². The Morgan fingerprint density at radius 3 is 1.95 bits per heavy atom. The molecule has 2 heterocycles. The normalized spacial score (nSPS) is 21.8. The van der Waals surface area contributed by atoms with Gasteiger partial charge in [-0.15, -0.1) is 0 Å². The van der Waals surface area contributed by atoms with Crippen molar-refractivity contribution >= 4 is 23.6 Å². The third kappa shape index (κ3) is 2.46. The number of benzene rings is 4. The molecule has 2 aliphatic carbocycles. The molecule has 1 aliphatic heterocycles. The van der Waals surface area contributed by atoms with E-state index in [-0.39, 0.29) is 0 Å². The van der Waals surface area contributed by atoms with Crippen LogP contribution in [0, 0.1) is 0 Å². The maximum absolute atomic E-state index is 6.59. The molecule has 37 heavy (non-hydrogen) atoms. The highest BCUT2D eigenvalue weighted by atomic mass is 16.7. The van der Waals surface area contributed by atoms with E-state index in [1.807, 2.05) is 6.07 Å². The van der Waals surface area contributed by atoms with Crippen molar-refractivity contribution in [3.8, 4) is 22.5 Å². The van der Waals surface area contributed by atoms with Crippen molar-refractivity contribution in [2.24, 2.45) is 0 Å². The van der Waals surface area contributed by atoms with Crippen LogP contribution in [0.25, 0.3) is 33.4 Å². The third-order valence-electron chi connectivity index (χ3n) is 9.15. The van der Waals surface area contributed by atoms with Gasteiger partial charge in [-0.05, 0) is 67.0 Å². The standard InChI is InChI=1S/C33H27BO3/c1-31(2)32(3,4)37-34(36-31)26-18-11-17-25-28(26)20-12-5-8-15-23(20)33(25)24-16-9-6-13-21(24)30-29(33)22-14-7-10-19-27(22)35-30/h5-19H,1-4H3. The molecule has 0 amide bonds. The minimum atomic E-state index is -0.468. The Morgan fingerprint density at radius 2 is 1.19 bits per heavy atom. The molecular weight excluding hydrogens is 455 g/mol. The summed E-state index contributed by atoms with van der Waals surface area (Å²) in [5.41, 5.74) is 9.38. The lowest BCUT2D eigenvalue weighted by molar-refractivity contribution is 0.00578. The number of para-hydroxylation sites is 1. The zero-order valence-electron chi connectivity index (χ0n) is 21.5. The van der Waals surface area contributed by atoms with E-state index in [1.165, 1.54) is 33.4 Å². The van der Waals surface area contributed by atoms with Crippen LogP contribution in [0.2, 0.25) is 0 Å². The molecule has 4 heteroatoms. The highest BCUT2D eigenvalue weighted by Gasteiger charge is 2.57. The lowest BCUT2D eigenvalue weighted by Gasteiger charge is -2.32. The molecule has 4 aromatic carbocycles. The number of hydrogen-bond donors (Lipinski definition) is 0. The lowest BCUT2D eigenvalue weighted by Crippen LogP contribution is -2.41. The summed E-state index contributed by atoms with van der Waals surface area (Å²) in [4.78, 5) is 0. The number of hydrogen-bond acceptors (Lipinski definition) is 3. The maximum atomic E-state index is 6.59. The van der Waals surface area contributed by atoms with Gasteiger partial charge in [-0.1, -0.05) is 84.9 Å². The van der Waals surface area contributed by atoms with Gasteiger partial charge in [-0.25, -0.2) is 0 Å². The minimum absolute atomic E-state index is 0.413. The minimum Gasteiger partial charge on any atom is -0.456 e. The maximum Gasteiger partial charge on any atom is 0.495 e. The van der Waals surface area contributed by atoms with Crippen molar-refractivity contribution in [3.63, 3.8) is 0 Å². The predicted octanol–water partition coefficient (Wildman–Crippen LogP) is 7.08. The van der Waals surface area contributed by atoms with Crippen LogP contribution in [-0.2, 0) is 14.7 Å². The van der Waals surface area contributed by atoms with Crippen molar-refractivity contribution in [3.05, 3.63) is 113 Å². The van der Waals surface area contributed by atoms with E-state index in [1.54, 1.807) is 0 Å². The Labute approximate surface area is 217 Å². The van der Waals surface area contributed by atoms with E-state index >= 15 is 0 Å². The summed E-state index contributed by atoms with van der Waals surface area (Å²) in [7, 11) is -0.444. The van der Waals surface area contributed by atoms with E-state index in [0.29, 0.717) is 0 Å². The largest absolute Gasteiger partial charge is 0.495 e. The van der Waals surface area contributed by atoms with E-state index < -0.39 is 23.7 Å². The van der Waals surface area contributed by atoms with Crippen LogP contribution in [0.4, 0.5) is 0 Å². The average Bonchev–Trinajstić information content (AvgIpc) is 3.56. The van der Waals surface area contributed by atoms with Crippen LogP contribution in [0.15, 0.2) is 95.4 Å². The Kier molecular flexibility index (Phi) is 3.97. The predicted molar refractivity (Wildman–Crippen MR) is 148 cm³/mol. The SMILES string of the molecule is CC1(C)OB(c2cccc3c2-c2ccccc2C32c3ccccc3-c3oc4ccccc4c32)OC1(C)C. The molecule has 1 atom stereocenters. The van der Waals surface area contributed by atoms with Gasteiger partial charge in [-0.2, -0.15) is 0 Å². The lowest BCUT2D eigenvalue weighted by atomic mass is 9.68. The summed E-state index contributed by atoms with van der Waals surface area (Å²) in [6, 6.07) is 32.6. The fraction of sp³-hybridized carbons (Fsp3) is 0.212. The van der Waals surface area contributed by atoms with Gasteiger partial charge in [0, 0.05) is 16.5 Å². The monoisotopic (exact) mass is 482 g/mol. The molecule has 8 rings (SSSR count). The van der Waals surface area contributed by atoms with Gasteiger partial charge in [0.15, 0.2) is 0 Å². The molecule has 1 unspecified atom stereocenters. The molecule has 1 fully saturated rings. The highest BCUT2D eigenvalue weighted by molar-refractivity contribution is 6.64. The van der Waals surface area contributed by atoms with E-state index in [2.05, 4.69) is 113 Å². The second kappa shape index (κ2) is 6.83. The summed E-state index contributed by atoms with van der Waals surface area (Å²) in [6.45, 7) is 8.46. The number of fused-ring (bicyclic) bond motifs is 12. The molecule has 1 saturated heterocycles. The fourth-order valence-electron chi connectivity index (χ4n) is 6.83. The van der Waals surface area contributed by atoms with Crippen molar-refractivity contribution in [2.75, 3.05) is 0 Å². The first-order valence-corrected chi connectivity index (χ1v) is 13.1. The molecule has 0 saturated carbocycles. The van der Waals surface area contributed by atoms with Crippen LogP contribution in [-0.4, -0.2) is 18.3 Å². The number of furan rings is 1. The van der Waals surface area contributed by atoms with E-state index in [9.17, 15) is 0 Å². The molecule has 5 aromatic rings. The van der Waals surface area contributed by atoms with Crippen LogP contribution in [0.1, 0.15) is 49.9 Å². The molecular formula is C33H27BO3. The van der Waals surface area contributed by atoms with Crippen LogP contribution in [0.3, 0.4) is 0 Å². The fourth-order valence-corrected chi connectivity index (χ4v) is 6.83.